The number of ether oxygens (including phenoxy) is 1. The van der Waals surface area contributed by atoms with Crippen molar-refractivity contribution in [1.29, 1.82) is 0 Å². The van der Waals surface area contributed by atoms with Crippen LogP contribution < -0.4 is 10.6 Å². The summed E-state index contributed by atoms with van der Waals surface area (Å²) in [6.45, 7) is 1.95. The molecule has 3 rings (SSSR count). The molecule has 2 N–H and O–H groups in total. The molecule has 0 bridgehead atoms. The minimum atomic E-state index is -0.168. The molecule has 2 atom stereocenters. The van der Waals surface area contributed by atoms with Gasteiger partial charge in [0.25, 0.3) is 0 Å². The van der Waals surface area contributed by atoms with Gasteiger partial charge >= 0.3 is 0 Å². The number of hydrogen-bond donors (Lipinski definition) is 2. The second kappa shape index (κ2) is 7.39. The van der Waals surface area contributed by atoms with Crippen LogP contribution in [0.5, 0.6) is 0 Å². The first-order chi connectivity index (χ1) is 11.3. The van der Waals surface area contributed by atoms with Crippen molar-refractivity contribution in [1.82, 2.24) is 20.4 Å². The summed E-state index contributed by atoms with van der Waals surface area (Å²) >= 11 is 0. The zero-order valence-corrected chi connectivity index (χ0v) is 13.2. The maximum atomic E-state index is 12.3. The van der Waals surface area contributed by atoms with Crippen molar-refractivity contribution in [3.8, 4) is 0 Å². The maximum absolute atomic E-state index is 12.3. The molecule has 2 aromatic rings. The fourth-order valence-corrected chi connectivity index (χ4v) is 2.84. The largest absolute Gasteiger partial charge is 0.380 e. The fourth-order valence-electron chi connectivity index (χ4n) is 2.84. The second-order valence-electron chi connectivity index (χ2n) is 5.74. The van der Waals surface area contributed by atoms with Gasteiger partial charge in [0, 0.05) is 32.6 Å². The topological polar surface area (TPSA) is 68.2 Å². The van der Waals surface area contributed by atoms with Gasteiger partial charge in [-0.05, 0) is 23.6 Å². The lowest BCUT2D eigenvalue weighted by molar-refractivity contribution is -0.123. The first-order valence-electron chi connectivity index (χ1n) is 7.84. The lowest BCUT2D eigenvalue weighted by atomic mass is 10.1. The summed E-state index contributed by atoms with van der Waals surface area (Å²) in [5.74, 6) is 0.0263. The van der Waals surface area contributed by atoms with Crippen molar-refractivity contribution in [2.24, 2.45) is 0 Å². The minimum absolute atomic E-state index is 0.0263. The molecule has 6 heteroatoms. The van der Waals surface area contributed by atoms with Crippen LogP contribution in [0.25, 0.3) is 0 Å². The van der Waals surface area contributed by atoms with Crippen molar-refractivity contribution in [2.75, 3.05) is 13.7 Å². The first-order valence-corrected chi connectivity index (χ1v) is 7.84. The molecule has 2 heterocycles. The smallest absolute Gasteiger partial charge is 0.237 e. The molecule has 0 aliphatic carbocycles. The normalized spacial score (nSPS) is 20.6. The van der Waals surface area contributed by atoms with E-state index in [0.717, 1.165) is 24.1 Å². The van der Waals surface area contributed by atoms with Gasteiger partial charge in [0.1, 0.15) is 0 Å². The molecule has 0 spiro atoms. The first kappa shape index (κ1) is 15.7. The third-order valence-electron chi connectivity index (χ3n) is 4.20. The van der Waals surface area contributed by atoms with Gasteiger partial charge in [0.15, 0.2) is 0 Å². The highest BCUT2D eigenvalue weighted by Gasteiger charge is 2.29. The summed E-state index contributed by atoms with van der Waals surface area (Å²) in [4.78, 5) is 12.3. The van der Waals surface area contributed by atoms with Crippen LogP contribution in [0.4, 0.5) is 0 Å². The summed E-state index contributed by atoms with van der Waals surface area (Å²) < 4.78 is 7.16. The van der Waals surface area contributed by atoms with E-state index in [0.29, 0.717) is 13.1 Å². The van der Waals surface area contributed by atoms with Gasteiger partial charge in [0.2, 0.25) is 5.91 Å². The molecule has 0 unspecified atom stereocenters. The van der Waals surface area contributed by atoms with Crippen molar-refractivity contribution in [3.63, 3.8) is 0 Å². The molecule has 1 aliphatic heterocycles. The van der Waals surface area contributed by atoms with Gasteiger partial charge in [0.05, 0.1) is 18.7 Å². The van der Waals surface area contributed by atoms with Crippen molar-refractivity contribution in [3.05, 3.63) is 53.9 Å². The molecule has 122 valence electrons. The predicted molar refractivity (Wildman–Crippen MR) is 86.8 cm³/mol. The Bertz CT molecular complexity index is 642. The van der Waals surface area contributed by atoms with Crippen molar-refractivity contribution < 1.29 is 9.53 Å². The molecule has 0 radical (unpaired) electrons. The van der Waals surface area contributed by atoms with Gasteiger partial charge in [-0.25, -0.2) is 0 Å². The van der Waals surface area contributed by atoms with E-state index < -0.39 is 0 Å². The molecule has 6 nitrogen and oxygen atoms in total. The average molecular weight is 314 g/mol. The van der Waals surface area contributed by atoms with Crippen LogP contribution in [0, 0.1) is 0 Å². The number of nitrogens with one attached hydrogen (secondary N) is 2. The zero-order valence-electron chi connectivity index (χ0n) is 13.2. The molecule has 23 heavy (non-hydrogen) atoms. The monoisotopic (exact) mass is 314 g/mol. The van der Waals surface area contributed by atoms with E-state index in [1.54, 1.807) is 13.3 Å². The van der Waals surface area contributed by atoms with E-state index in [4.69, 9.17) is 4.74 Å². The third kappa shape index (κ3) is 3.97. The summed E-state index contributed by atoms with van der Waals surface area (Å²) in [6, 6.07) is 9.84. The van der Waals surface area contributed by atoms with E-state index in [1.165, 1.54) is 0 Å². The Balaban J connectivity index is 1.59. The average Bonchev–Trinajstić information content (AvgIpc) is 3.25. The lowest BCUT2D eigenvalue weighted by Crippen LogP contribution is -2.40. The van der Waals surface area contributed by atoms with Gasteiger partial charge in [-0.2, -0.15) is 5.10 Å². The predicted octanol–water partition coefficient (Wildman–Crippen LogP) is 0.925. The lowest BCUT2D eigenvalue weighted by Gasteiger charge is -2.14. The van der Waals surface area contributed by atoms with Crippen LogP contribution in [-0.2, 0) is 22.6 Å². The molecule has 1 amide bonds. The second-order valence-corrected chi connectivity index (χ2v) is 5.74. The number of aromatic nitrogens is 2. The van der Waals surface area contributed by atoms with Crippen molar-refractivity contribution >= 4 is 5.91 Å². The third-order valence-corrected chi connectivity index (χ3v) is 4.20. The molecule has 1 aromatic heterocycles. The van der Waals surface area contributed by atoms with Crippen LogP contribution in [0.2, 0.25) is 0 Å². The molecule has 1 aromatic carbocycles. The SMILES string of the molecule is CO[C@@H]1CN[C@H](C(=O)NCc2ccccc2Cn2cccn2)C1. The Morgan fingerprint density at radius 1 is 1.39 bits per heavy atom. The van der Waals surface area contributed by atoms with Crippen LogP contribution >= 0.6 is 0 Å². The molecule has 1 aliphatic rings. The number of amides is 1. The number of carbonyl (C=O) groups is 1. The Hall–Kier alpha value is -2.18. The van der Waals surface area contributed by atoms with Gasteiger partial charge in [-0.1, -0.05) is 24.3 Å². The Morgan fingerprint density at radius 3 is 2.91 bits per heavy atom. The Labute approximate surface area is 135 Å². The molecule has 1 saturated heterocycles. The van der Waals surface area contributed by atoms with Gasteiger partial charge in [-0.15, -0.1) is 0 Å². The van der Waals surface area contributed by atoms with Crippen LogP contribution in [0.3, 0.4) is 0 Å². The highest BCUT2D eigenvalue weighted by Crippen LogP contribution is 2.12. The zero-order chi connectivity index (χ0) is 16.1. The van der Waals surface area contributed by atoms with Crippen LogP contribution in [-0.4, -0.2) is 41.5 Å². The van der Waals surface area contributed by atoms with E-state index in [-0.39, 0.29) is 18.1 Å². The highest BCUT2D eigenvalue weighted by molar-refractivity contribution is 5.82. The number of rotatable bonds is 6. The number of carbonyl (C=O) groups excluding carboxylic acids is 1. The molecular formula is C17H22N4O2. The van der Waals surface area contributed by atoms with E-state index in [9.17, 15) is 4.79 Å². The highest BCUT2D eigenvalue weighted by atomic mass is 16.5. The summed E-state index contributed by atoms with van der Waals surface area (Å²) in [5.41, 5.74) is 2.27. The minimum Gasteiger partial charge on any atom is -0.380 e. The van der Waals surface area contributed by atoms with E-state index >= 15 is 0 Å². The van der Waals surface area contributed by atoms with Gasteiger partial charge < -0.3 is 15.4 Å². The summed E-state index contributed by atoms with van der Waals surface area (Å²) in [6.07, 6.45) is 4.54. The Morgan fingerprint density at radius 2 is 2.22 bits per heavy atom. The van der Waals surface area contributed by atoms with Crippen LogP contribution in [0.15, 0.2) is 42.7 Å². The number of nitrogens with zero attached hydrogens (tertiary/aromatic N) is 2. The number of methoxy groups -OCH3 is 1. The van der Waals surface area contributed by atoms with Crippen LogP contribution in [0.1, 0.15) is 17.5 Å². The molecule has 0 saturated carbocycles. The number of hydrogen-bond acceptors (Lipinski definition) is 4. The van der Waals surface area contributed by atoms with E-state index in [1.807, 2.05) is 35.1 Å². The fraction of sp³-hybridized carbons (Fsp3) is 0.412. The number of benzene rings is 1. The molecular weight excluding hydrogens is 292 g/mol. The molecule has 1 fully saturated rings. The summed E-state index contributed by atoms with van der Waals surface area (Å²) in [7, 11) is 1.68. The standard InChI is InChI=1S/C17H22N4O2/c1-23-15-9-16(18-11-15)17(22)19-10-13-5-2-3-6-14(13)12-21-8-4-7-20-21/h2-8,15-16,18H,9-12H2,1H3,(H,19,22)/t15-,16-/m0/s1. The van der Waals surface area contributed by atoms with Gasteiger partial charge in [-0.3, -0.25) is 9.48 Å². The Kier molecular flexibility index (Phi) is 5.05. The maximum Gasteiger partial charge on any atom is 0.237 e. The van der Waals surface area contributed by atoms with E-state index in [2.05, 4.69) is 21.8 Å². The summed E-state index contributed by atoms with van der Waals surface area (Å²) in [5, 5.41) is 10.4. The quantitative estimate of drug-likeness (QED) is 0.832. The van der Waals surface area contributed by atoms with Crippen molar-refractivity contribution in [2.45, 2.75) is 31.7 Å².